The van der Waals surface area contributed by atoms with Crippen LogP contribution in [0.1, 0.15) is 46.6 Å². The average molecular weight is 361 g/mol. The Morgan fingerprint density at radius 1 is 1.31 bits per heavy atom. The van der Waals surface area contributed by atoms with Crippen LogP contribution in [0.3, 0.4) is 0 Å². The summed E-state index contributed by atoms with van der Waals surface area (Å²) in [6, 6.07) is 10.0. The lowest BCUT2D eigenvalue weighted by molar-refractivity contribution is -0.0511. The van der Waals surface area contributed by atoms with Gasteiger partial charge in [0.1, 0.15) is 5.72 Å². The smallest absolute Gasteiger partial charge is 0.410 e. The first kappa shape index (κ1) is 20.5. The lowest BCUT2D eigenvalue weighted by Gasteiger charge is -2.46. The zero-order chi connectivity index (χ0) is 19.4. The van der Waals surface area contributed by atoms with Gasteiger partial charge in [-0.25, -0.2) is 4.79 Å². The summed E-state index contributed by atoms with van der Waals surface area (Å²) in [6.07, 6.45) is 3.75. The van der Waals surface area contributed by atoms with Gasteiger partial charge in [0.15, 0.2) is 0 Å². The fourth-order valence-corrected chi connectivity index (χ4v) is 3.42. The third-order valence-electron chi connectivity index (χ3n) is 5.01. The third-order valence-corrected chi connectivity index (χ3v) is 5.01. The summed E-state index contributed by atoms with van der Waals surface area (Å²) in [5.41, 5.74) is -0.721. The Morgan fingerprint density at radius 2 is 1.96 bits per heavy atom. The summed E-state index contributed by atoms with van der Waals surface area (Å²) in [5, 5.41) is 9.80. The highest BCUT2D eigenvalue weighted by molar-refractivity contribution is 5.68. The van der Waals surface area contributed by atoms with Gasteiger partial charge < -0.3 is 14.6 Å². The minimum Gasteiger partial charge on any atom is -0.465 e. The molecule has 0 aromatic heterocycles. The minimum absolute atomic E-state index is 0.305. The second-order valence-electron chi connectivity index (χ2n) is 8.26. The zero-order valence-corrected chi connectivity index (χ0v) is 16.5. The number of carbonyl (C=O) groups is 1. The lowest BCUT2D eigenvalue weighted by Crippen LogP contribution is -2.60. The van der Waals surface area contributed by atoms with Crippen molar-refractivity contribution in [2.24, 2.45) is 5.41 Å². The second-order valence-corrected chi connectivity index (χ2v) is 8.26. The third kappa shape index (κ3) is 4.27. The van der Waals surface area contributed by atoms with Crippen LogP contribution in [0.2, 0.25) is 0 Å². The van der Waals surface area contributed by atoms with Crippen molar-refractivity contribution < 1.29 is 19.4 Å². The van der Waals surface area contributed by atoms with Gasteiger partial charge in [0.05, 0.1) is 25.4 Å². The highest BCUT2D eigenvalue weighted by atomic mass is 16.5. The summed E-state index contributed by atoms with van der Waals surface area (Å²) in [6.45, 7) is 11.2. The van der Waals surface area contributed by atoms with Crippen molar-refractivity contribution in [1.82, 2.24) is 4.90 Å². The van der Waals surface area contributed by atoms with Crippen LogP contribution < -0.4 is 0 Å². The van der Waals surface area contributed by atoms with E-state index in [-0.39, 0.29) is 5.41 Å². The Labute approximate surface area is 156 Å². The Kier molecular flexibility index (Phi) is 6.14. The van der Waals surface area contributed by atoms with Gasteiger partial charge in [-0.15, -0.1) is 0 Å². The number of amides is 1. The molecule has 1 N–H and O–H groups in total. The van der Waals surface area contributed by atoms with E-state index >= 15 is 0 Å². The van der Waals surface area contributed by atoms with Gasteiger partial charge in [-0.05, 0) is 31.2 Å². The molecule has 0 saturated carbocycles. The second kappa shape index (κ2) is 7.80. The molecule has 0 aliphatic carbocycles. The van der Waals surface area contributed by atoms with Gasteiger partial charge in [0, 0.05) is 0 Å². The van der Waals surface area contributed by atoms with Crippen LogP contribution in [-0.4, -0.2) is 40.6 Å². The molecular formula is C21H31NO4. The maximum absolute atomic E-state index is 12.0. The predicted octanol–water partition coefficient (Wildman–Crippen LogP) is 4.68. The molecule has 5 heteroatoms. The first-order valence-corrected chi connectivity index (χ1v) is 9.07. The van der Waals surface area contributed by atoms with Crippen LogP contribution >= 0.6 is 0 Å². The van der Waals surface area contributed by atoms with E-state index in [2.05, 4.69) is 0 Å². The van der Waals surface area contributed by atoms with Crippen molar-refractivity contribution in [3.63, 3.8) is 0 Å². The average Bonchev–Trinajstić information content (AvgIpc) is 2.83. The highest BCUT2D eigenvalue weighted by Crippen LogP contribution is 2.46. The van der Waals surface area contributed by atoms with E-state index in [1.165, 1.54) is 4.90 Å². The molecule has 1 aromatic rings. The summed E-state index contributed by atoms with van der Waals surface area (Å²) < 4.78 is 11.6. The number of nitrogens with zero attached hydrogens (tertiary/aromatic N) is 1. The molecule has 26 heavy (non-hydrogen) atoms. The number of hydrogen-bond acceptors (Lipinski definition) is 3. The molecule has 1 aliphatic rings. The van der Waals surface area contributed by atoms with Crippen LogP contribution in [-0.2, 0) is 16.1 Å². The fraction of sp³-hybridized carbons (Fsp3) is 0.571. The summed E-state index contributed by atoms with van der Waals surface area (Å²) in [7, 11) is 0. The quantitative estimate of drug-likeness (QED) is 0.590. The van der Waals surface area contributed by atoms with E-state index < -0.39 is 17.4 Å². The molecule has 1 atom stereocenters. The van der Waals surface area contributed by atoms with Crippen LogP contribution in [0.5, 0.6) is 0 Å². The van der Waals surface area contributed by atoms with Gasteiger partial charge in [-0.3, -0.25) is 4.90 Å². The molecule has 1 heterocycles. The van der Waals surface area contributed by atoms with Gasteiger partial charge in [0.25, 0.3) is 0 Å². The number of rotatable bonds is 6. The van der Waals surface area contributed by atoms with Crippen molar-refractivity contribution in [2.45, 2.75) is 58.9 Å². The molecule has 1 fully saturated rings. The Hall–Kier alpha value is -1.85. The van der Waals surface area contributed by atoms with E-state index in [4.69, 9.17) is 9.47 Å². The molecule has 0 bridgehead atoms. The lowest BCUT2D eigenvalue weighted by atomic mass is 9.72. The maximum atomic E-state index is 12.0. The molecule has 144 valence electrons. The number of ether oxygens (including phenoxy) is 2. The molecule has 1 unspecified atom stereocenters. The number of hydrogen-bond donors (Lipinski definition) is 1. The molecule has 2 rings (SSSR count). The van der Waals surface area contributed by atoms with E-state index in [0.29, 0.717) is 19.8 Å². The van der Waals surface area contributed by atoms with Crippen LogP contribution in [0.4, 0.5) is 4.79 Å². The van der Waals surface area contributed by atoms with E-state index in [1.54, 1.807) is 13.8 Å². The molecule has 1 aliphatic heterocycles. The first-order chi connectivity index (χ1) is 12.1. The van der Waals surface area contributed by atoms with E-state index in [9.17, 15) is 9.90 Å². The number of carboxylic acid groups (broad SMARTS) is 1. The summed E-state index contributed by atoms with van der Waals surface area (Å²) >= 11 is 0. The molecule has 0 spiro atoms. The maximum Gasteiger partial charge on any atom is 0.410 e. The Bertz CT molecular complexity index is 633. The minimum atomic E-state index is -0.965. The molecule has 1 amide bonds. The highest BCUT2D eigenvalue weighted by Gasteiger charge is 2.58. The van der Waals surface area contributed by atoms with Crippen molar-refractivity contribution in [3.05, 3.63) is 48.0 Å². The van der Waals surface area contributed by atoms with Gasteiger partial charge >= 0.3 is 6.09 Å². The first-order valence-electron chi connectivity index (χ1n) is 9.07. The largest absolute Gasteiger partial charge is 0.465 e. The van der Waals surface area contributed by atoms with Crippen molar-refractivity contribution in [2.75, 3.05) is 13.2 Å². The van der Waals surface area contributed by atoms with Crippen molar-refractivity contribution in [3.8, 4) is 0 Å². The molecule has 0 radical (unpaired) electrons. The monoisotopic (exact) mass is 361 g/mol. The van der Waals surface area contributed by atoms with Crippen LogP contribution in [0, 0.1) is 5.41 Å². The fourth-order valence-electron chi connectivity index (χ4n) is 3.42. The SMILES string of the molecule is CC1(C)OCC(C=CCCOCc2ccccc2)(C(C)(C)C)N1C(=O)O. The Morgan fingerprint density at radius 3 is 2.54 bits per heavy atom. The van der Waals surface area contributed by atoms with Crippen LogP contribution in [0.25, 0.3) is 0 Å². The van der Waals surface area contributed by atoms with Gasteiger partial charge in [-0.2, -0.15) is 0 Å². The van der Waals surface area contributed by atoms with Crippen molar-refractivity contribution >= 4 is 6.09 Å². The van der Waals surface area contributed by atoms with E-state index in [1.807, 2.05) is 63.3 Å². The predicted molar refractivity (Wildman–Crippen MR) is 102 cm³/mol. The zero-order valence-electron chi connectivity index (χ0n) is 16.5. The summed E-state index contributed by atoms with van der Waals surface area (Å²) in [4.78, 5) is 13.4. The van der Waals surface area contributed by atoms with Gasteiger partial charge in [0.2, 0.25) is 0 Å². The molecule has 5 nitrogen and oxygen atoms in total. The van der Waals surface area contributed by atoms with Crippen molar-refractivity contribution in [1.29, 1.82) is 0 Å². The summed E-state index contributed by atoms with van der Waals surface area (Å²) in [5.74, 6) is 0. The number of benzene rings is 1. The molecule has 1 saturated heterocycles. The van der Waals surface area contributed by atoms with Crippen LogP contribution in [0.15, 0.2) is 42.5 Å². The Balaban J connectivity index is 2.02. The molecular weight excluding hydrogens is 330 g/mol. The topological polar surface area (TPSA) is 59.0 Å². The standard InChI is InChI=1S/C21H31NO4/c1-19(2,3)21(16-26-20(4,5)22(21)18(23)24)13-9-10-14-25-15-17-11-7-6-8-12-17/h6-9,11-13H,10,14-16H2,1-5H3,(H,23,24). The normalized spacial score (nSPS) is 22.9. The van der Waals surface area contributed by atoms with Gasteiger partial charge in [-0.1, -0.05) is 63.3 Å². The van der Waals surface area contributed by atoms with E-state index in [0.717, 1.165) is 12.0 Å². The molecule has 1 aromatic carbocycles.